The zero-order chi connectivity index (χ0) is 25.1. The van der Waals surface area contributed by atoms with Crippen LogP contribution in [0.15, 0.2) is 30.6 Å². The first-order chi connectivity index (χ1) is 17.4. The Labute approximate surface area is 208 Å². The quantitative estimate of drug-likeness (QED) is 0.410. The molecule has 2 saturated carbocycles. The monoisotopic (exact) mass is 500 g/mol. The van der Waals surface area contributed by atoms with Crippen molar-refractivity contribution < 1.29 is 13.2 Å². The summed E-state index contributed by atoms with van der Waals surface area (Å²) in [7, 11) is 0. The van der Waals surface area contributed by atoms with Crippen molar-refractivity contribution >= 4 is 11.6 Å². The molecule has 2 aliphatic carbocycles. The van der Waals surface area contributed by atoms with Crippen LogP contribution in [0.4, 0.5) is 24.8 Å². The van der Waals surface area contributed by atoms with E-state index in [1.54, 1.807) is 12.1 Å². The van der Waals surface area contributed by atoms with Gasteiger partial charge in [0.25, 0.3) is 5.92 Å². The SMILES string of the molecule is CC(F)(F)c1ccc(CN(c2ncnc(NCC3CCC(Cc4nnn[nH]4)CC3)c2F)C2CC2)cc1. The van der Waals surface area contributed by atoms with Crippen molar-refractivity contribution in [3.63, 3.8) is 0 Å². The van der Waals surface area contributed by atoms with Gasteiger partial charge in [0, 0.05) is 38.0 Å². The van der Waals surface area contributed by atoms with Gasteiger partial charge in [0.05, 0.1) is 0 Å². The lowest BCUT2D eigenvalue weighted by Crippen LogP contribution is -2.28. The van der Waals surface area contributed by atoms with Gasteiger partial charge in [-0.3, -0.25) is 0 Å². The van der Waals surface area contributed by atoms with E-state index in [0.29, 0.717) is 24.9 Å². The molecule has 0 saturated heterocycles. The summed E-state index contributed by atoms with van der Waals surface area (Å²) in [5, 5.41) is 17.3. The van der Waals surface area contributed by atoms with Crippen molar-refractivity contribution in [2.45, 2.75) is 70.4 Å². The highest BCUT2D eigenvalue weighted by molar-refractivity contribution is 5.52. The molecule has 2 aromatic heterocycles. The lowest BCUT2D eigenvalue weighted by Gasteiger charge is -2.28. The van der Waals surface area contributed by atoms with E-state index in [1.807, 2.05) is 4.90 Å². The van der Waals surface area contributed by atoms with Crippen LogP contribution in [-0.2, 0) is 18.9 Å². The summed E-state index contributed by atoms with van der Waals surface area (Å²) in [5.74, 6) is -1.06. The van der Waals surface area contributed by atoms with Crippen LogP contribution >= 0.6 is 0 Å². The molecule has 36 heavy (non-hydrogen) atoms. The van der Waals surface area contributed by atoms with Crippen LogP contribution in [0.25, 0.3) is 0 Å². The maximum atomic E-state index is 15.5. The van der Waals surface area contributed by atoms with Crippen LogP contribution in [0.5, 0.6) is 0 Å². The Morgan fingerprint density at radius 1 is 1.03 bits per heavy atom. The molecule has 0 amide bonds. The van der Waals surface area contributed by atoms with Gasteiger partial charge >= 0.3 is 0 Å². The number of hydrogen-bond acceptors (Lipinski definition) is 7. The van der Waals surface area contributed by atoms with Crippen molar-refractivity contribution in [1.82, 2.24) is 30.6 Å². The van der Waals surface area contributed by atoms with Gasteiger partial charge in [0.2, 0.25) is 5.82 Å². The Morgan fingerprint density at radius 2 is 1.75 bits per heavy atom. The molecule has 8 nitrogen and oxygen atoms in total. The summed E-state index contributed by atoms with van der Waals surface area (Å²) in [6.07, 6.45) is 8.43. The Hall–Kier alpha value is -3.24. The number of alkyl halides is 2. The molecule has 0 atom stereocenters. The fourth-order valence-electron chi connectivity index (χ4n) is 4.97. The molecule has 2 N–H and O–H groups in total. The Bertz CT molecular complexity index is 1120. The molecule has 0 aliphatic heterocycles. The van der Waals surface area contributed by atoms with Crippen molar-refractivity contribution in [3.05, 3.63) is 53.4 Å². The number of benzene rings is 1. The summed E-state index contributed by atoms with van der Waals surface area (Å²) in [5.41, 5.74) is 0.799. The third kappa shape index (κ3) is 5.93. The molecule has 2 heterocycles. The van der Waals surface area contributed by atoms with Gasteiger partial charge in [-0.05, 0) is 66.4 Å². The van der Waals surface area contributed by atoms with Crippen molar-refractivity contribution in [2.75, 3.05) is 16.8 Å². The van der Waals surface area contributed by atoms with Crippen LogP contribution in [-0.4, -0.2) is 43.2 Å². The second kappa shape index (κ2) is 10.4. The van der Waals surface area contributed by atoms with E-state index in [-0.39, 0.29) is 23.2 Å². The van der Waals surface area contributed by atoms with Crippen molar-refractivity contribution in [2.24, 2.45) is 11.8 Å². The van der Waals surface area contributed by atoms with Crippen LogP contribution in [0.2, 0.25) is 0 Å². The number of aromatic nitrogens is 6. The number of tetrazole rings is 1. The lowest BCUT2D eigenvalue weighted by molar-refractivity contribution is 0.0174. The van der Waals surface area contributed by atoms with Crippen molar-refractivity contribution in [3.8, 4) is 0 Å². The molecular formula is C25H31F3N8. The molecule has 5 rings (SSSR count). The van der Waals surface area contributed by atoms with Gasteiger partial charge in [-0.25, -0.2) is 23.8 Å². The average Bonchev–Trinajstić information content (AvgIpc) is 3.58. The fourth-order valence-corrected chi connectivity index (χ4v) is 4.97. The highest BCUT2D eigenvalue weighted by atomic mass is 19.3. The molecule has 2 aliphatic rings. The Balaban J connectivity index is 1.20. The first kappa shape index (κ1) is 24.5. The summed E-state index contributed by atoms with van der Waals surface area (Å²) in [4.78, 5) is 10.3. The van der Waals surface area contributed by atoms with Gasteiger partial charge < -0.3 is 10.2 Å². The molecule has 0 bridgehead atoms. The summed E-state index contributed by atoms with van der Waals surface area (Å²) < 4.78 is 42.6. The van der Waals surface area contributed by atoms with Gasteiger partial charge in [-0.1, -0.05) is 24.3 Å². The number of rotatable bonds is 10. The summed E-state index contributed by atoms with van der Waals surface area (Å²) >= 11 is 0. The van der Waals surface area contributed by atoms with E-state index in [2.05, 4.69) is 35.9 Å². The maximum Gasteiger partial charge on any atom is 0.270 e. The van der Waals surface area contributed by atoms with Crippen LogP contribution in [0.1, 0.15) is 62.4 Å². The third-order valence-corrected chi connectivity index (χ3v) is 7.24. The minimum atomic E-state index is -2.89. The van der Waals surface area contributed by atoms with E-state index in [9.17, 15) is 8.78 Å². The zero-order valence-electron chi connectivity index (χ0n) is 20.3. The second-order valence-corrected chi connectivity index (χ2v) is 10.1. The number of H-pyrrole nitrogens is 1. The first-order valence-electron chi connectivity index (χ1n) is 12.6. The molecule has 0 spiro atoms. The number of anilines is 2. The Morgan fingerprint density at radius 3 is 2.39 bits per heavy atom. The molecule has 0 unspecified atom stereocenters. The van der Waals surface area contributed by atoms with Gasteiger partial charge in [-0.2, -0.15) is 4.39 Å². The molecule has 11 heteroatoms. The topological polar surface area (TPSA) is 95.5 Å². The minimum Gasteiger partial charge on any atom is -0.367 e. The minimum absolute atomic E-state index is 0.0343. The molecule has 1 aromatic carbocycles. The second-order valence-electron chi connectivity index (χ2n) is 10.1. The number of halogens is 3. The molecule has 3 aromatic rings. The fraction of sp³-hybridized carbons (Fsp3) is 0.560. The van der Waals surface area contributed by atoms with Crippen LogP contribution in [0, 0.1) is 17.7 Å². The highest BCUT2D eigenvalue weighted by Crippen LogP contribution is 2.36. The van der Waals surface area contributed by atoms with Crippen LogP contribution in [0.3, 0.4) is 0 Å². The molecular weight excluding hydrogens is 469 g/mol. The Kier molecular flexibility index (Phi) is 7.06. The first-order valence-corrected chi connectivity index (χ1v) is 12.6. The molecule has 192 valence electrons. The molecule has 2 fully saturated rings. The summed E-state index contributed by atoms with van der Waals surface area (Å²) in [6, 6.07) is 6.40. The lowest BCUT2D eigenvalue weighted by atomic mass is 9.80. The number of nitrogens with one attached hydrogen (secondary N) is 2. The average molecular weight is 501 g/mol. The third-order valence-electron chi connectivity index (χ3n) is 7.24. The number of aromatic amines is 1. The predicted molar refractivity (Wildman–Crippen MR) is 129 cm³/mol. The predicted octanol–water partition coefficient (Wildman–Crippen LogP) is 4.87. The van der Waals surface area contributed by atoms with Crippen molar-refractivity contribution in [1.29, 1.82) is 0 Å². The smallest absolute Gasteiger partial charge is 0.270 e. The van der Waals surface area contributed by atoms with Gasteiger partial charge in [-0.15, -0.1) is 5.10 Å². The van der Waals surface area contributed by atoms with E-state index < -0.39 is 11.7 Å². The normalized spacial score (nSPS) is 20.3. The van der Waals surface area contributed by atoms with Gasteiger partial charge in [0.1, 0.15) is 12.2 Å². The number of hydrogen-bond donors (Lipinski definition) is 2. The zero-order valence-corrected chi connectivity index (χ0v) is 20.3. The maximum absolute atomic E-state index is 15.5. The van der Waals surface area contributed by atoms with Gasteiger partial charge in [0.15, 0.2) is 11.6 Å². The highest BCUT2D eigenvalue weighted by Gasteiger charge is 2.33. The number of nitrogens with zero attached hydrogens (tertiary/aromatic N) is 6. The largest absolute Gasteiger partial charge is 0.367 e. The van der Waals surface area contributed by atoms with E-state index in [4.69, 9.17) is 0 Å². The van der Waals surface area contributed by atoms with Crippen LogP contribution < -0.4 is 10.2 Å². The summed E-state index contributed by atoms with van der Waals surface area (Å²) in [6.45, 7) is 1.93. The van der Waals surface area contributed by atoms with E-state index >= 15 is 4.39 Å². The van der Waals surface area contributed by atoms with E-state index in [1.165, 1.54) is 18.5 Å². The molecule has 0 radical (unpaired) electrons. The standard InChI is InChI=1S/C25H31F3N8/c1-25(27,28)19-8-6-18(7-9-19)14-36(20-10-11-20)24-22(26)23(30-15-31-24)29-13-17-4-2-16(3-5-17)12-21-32-34-35-33-21/h6-9,15-17,20H,2-5,10-14H2,1H3,(H,29,30,31)(H,32,33,34,35). The van der Waals surface area contributed by atoms with E-state index in [0.717, 1.165) is 63.3 Å².